The summed E-state index contributed by atoms with van der Waals surface area (Å²) in [5, 5.41) is 6.03. The van der Waals surface area contributed by atoms with Gasteiger partial charge in [0.1, 0.15) is 17.7 Å². The summed E-state index contributed by atoms with van der Waals surface area (Å²) in [5.74, 6) is 1.31. The number of rotatable bonds is 13. The highest BCUT2D eigenvalue weighted by Gasteiger charge is 2.22. The molecular weight excluding hydrogens is 552 g/mol. The Labute approximate surface area is 265 Å². The number of amides is 3. The first kappa shape index (κ1) is 39.8. The maximum absolute atomic E-state index is 12.6. The van der Waals surface area contributed by atoms with Crippen LogP contribution in [0.25, 0.3) is 0 Å². The number of likely N-dealkylation sites (N-methyl/N-ethyl adjacent to an activating group) is 2. The van der Waals surface area contributed by atoms with Crippen LogP contribution in [-0.4, -0.2) is 68.5 Å². The number of Topliss-reactive ketones (excluding diaryl/α,β-unsaturated/α-hetero) is 1. The molecule has 2 atom stereocenters. The Hall–Kier alpha value is -4.17. The van der Waals surface area contributed by atoms with E-state index in [1.807, 2.05) is 107 Å². The van der Waals surface area contributed by atoms with Crippen molar-refractivity contribution < 1.29 is 19.1 Å². The molecule has 8 heteroatoms. The Bertz CT molecular complexity index is 1100. The van der Waals surface area contributed by atoms with Crippen LogP contribution in [0.4, 0.5) is 4.79 Å². The minimum absolute atomic E-state index is 0.197. The lowest BCUT2D eigenvalue weighted by atomic mass is 10.0. The van der Waals surface area contributed by atoms with Crippen LogP contribution in [-0.2, 0) is 16.1 Å². The molecule has 8 nitrogen and oxygen atoms in total. The predicted molar refractivity (Wildman–Crippen MR) is 182 cm³/mol. The molecule has 0 saturated heterocycles. The standard InChI is InChI=1S/C23H32N4O3.C6H6.C5H10O.C2H6/c1-18(20-8-6-5-7-9-20)15-27(17-28)16-22(24-2)26(3)23(29)25-14-19-10-12-21(30-4)13-11-19;1-2-4-6-5-3-1;1-3-5(6)4-2;1-2/h5-13,17-18,22,24H,14-16H2,1-4H3,(H,25,29);1-6H;3-4H2,1-2H3;1-2H3. The number of methoxy groups -OCH3 is 1. The van der Waals surface area contributed by atoms with Gasteiger partial charge in [0, 0.05) is 33.0 Å². The van der Waals surface area contributed by atoms with Crippen LogP contribution in [0, 0.1) is 0 Å². The normalized spacial score (nSPS) is 10.9. The molecule has 0 bridgehead atoms. The molecule has 3 amide bonds. The van der Waals surface area contributed by atoms with Gasteiger partial charge in [-0.05, 0) is 36.2 Å². The van der Waals surface area contributed by atoms with Gasteiger partial charge >= 0.3 is 6.03 Å². The topological polar surface area (TPSA) is 91.0 Å². The molecule has 3 aromatic carbocycles. The zero-order valence-electron chi connectivity index (χ0n) is 28.0. The van der Waals surface area contributed by atoms with Gasteiger partial charge < -0.3 is 19.9 Å². The van der Waals surface area contributed by atoms with Crippen molar-refractivity contribution in [1.82, 2.24) is 20.4 Å². The van der Waals surface area contributed by atoms with E-state index in [0.29, 0.717) is 38.3 Å². The van der Waals surface area contributed by atoms with Gasteiger partial charge in [0.15, 0.2) is 0 Å². The molecule has 2 N–H and O–H groups in total. The number of nitrogens with zero attached hydrogens (tertiary/aromatic N) is 2. The summed E-state index contributed by atoms with van der Waals surface area (Å²) in [7, 11) is 5.11. The molecule has 0 aliphatic carbocycles. The minimum atomic E-state index is -0.311. The number of carbonyl (C=O) groups is 3. The summed E-state index contributed by atoms with van der Waals surface area (Å²) in [6.45, 7) is 11.2. The molecule has 3 rings (SSSR count). The average Bonchev–Trinajstić information content (AvgIpc) is 3.10. The van der Waals surface area contributed by atoms with Gasteiger partial charge in [-0.3, -0.25) is 14.9 Å². The number of ketones is 1. The number of hydrogen-bond donors (Lipinski definition) is 2. The van der Waals surface area contributed by atoms with Crippen LogP contribution < -0.4 is 15.4 Å². The molecule has 0 saturated carbocycles. The van der Waals surface area contributed by atoms with E-state index in [1.54, 1.807) is 31.0 Å². The maximum atomic E-state index is 12.6. The summed E-state index contributed by atoms with van der Waals surface area (Å²) in [5.41, 5.74) is 2.15. The van der Waals surface area contributed by atoms with Crippen LogP contribution in [0.3, 0.4) is 0 Å². The van der Waals surface area contributed by atoms with E-state index >= 15 is 0 Å². The number of benzene rings is 3. The van der Waals surface area contributed by atoms with E-state index in [0.717, 1.165) is 17.7 Å². The lowest BCUT2D eigenvalue weighted by Crippen LogP contribution is -2.54. The third kappa shape index (κ3) is 17.1. The second kappa shape index (κ2) is 25.3. The molecule has 3 aromatic rings. The highest BCUT2D eigenvalue weighted by Crippen LogP contribution is 2.16. The molecule has 0 aromatic heterocycles. The smallest absolute Gasteiger partial charge is 0.318 e. The van der Waals surface area contributed by atoms with E-state index < -0.39 is 0 Å². The van der Waals surface area contributed by atoms with Crippen molar-refractivity contribution in [3.8, 4) is 5.75 Å². The van der Waals surface area contributed by atoms with E-state index in [1.165, 1.54) is 5.56 Å². The number of nitrogens with one attached hydrogen (secondary N) is 2. The van der Waals surface area contributed by atoms with Crippen molar-refractivity contribution in [2.75, 3.05) is 34.3 Å². The fourth-order valence-corrected chi connectivity index (χ4v) is 3.85. The molecule has 0 fully saturated rings. The van der Waals surface area contributed by atoms with Gasteiger partial charge in [-0.1, -0.05) is 113 Å². The molecule has 2 unspecified atom stereocenters. The van der Waals surface area contributed by atoms with Crippen molar-refractivity contribution >= 4 is 18.2 Å². The number of hydrogen-bond acceptors (Lipinski definition) is 5. The SMILES string of the molecule is CC.CCC(=O)CC.CNC(CN(C=O)CC(C)c1ccccc1)N(C)C(=O)NCc1ccc(OC)cc1.c1ccccc1. The number of ether oxygens (including phenoxy) is 1. The van der Waals surface area contributed by atoms with Crippen molar-refractivity contribution in [3.63, 3.8) is 0 Å². The lowest BCUT2D eigenvalue weighted by molar-refractivity contribution is -0.119. The second-order valence-electron chi connectivity index (χ2n) is 9.69. The molecule has 44 heavy (non-hydrogen) atoms. The molecule has 0 spiro atoms. The lowest BCUT2D eigenvalue weighted by Gasteiger charge is -2.32. The van der Waals surface area contributed by atoms with Gasteiger partial charge in [0.2, 0.25) is 6.41 Å². The Morgan fingerprint density at radius 3 is 1.75 bits per heavy atom. The summed E-state index contributed by atoms with van der Waals surface area (Å²) in [6, 6.07) is 29.4. The fourth-order valence-electron chi connectivity index (χ4n) is 3.85. The van der Waals surface area contributed by atoms with Gasteiger partial charge in [-0.25, -0.2) is 4.79 Å². The molecule has 0 heterocycles. The van der Waals surface area contributed by atoms with E-state index in [9.17, 15) is 14.4 Å². The number of urea groups is 1. The van der Waals surface area contributed by atoms with Crippen LogP contribution in [0.15, 0.2) is 91.0 Å². The second-order valence-corrected chi connectivity index (χ2v) is 9.69. The molecule has 0 radical (unpaired) electrons. The first-order chi connectivity index (χ1) is 21.3. The quantitative estimate of drug-likeness (QED) is 0.166. The monoisotopic (exact) mass is 606 g/mol. The largest absolute Gasteiger partial charge is 0.497 e. The maximum Gasteiger partial charge on any atom is 0.318 e. The highest BCUT2D eigenvalue weighted by molar-refractivity contribution is 5.77. The highest BCUT2D eigenvalue weighted by atomic mass is 16.5. The third-order valence-electron chi connectivity index (χ3n) is 6.61. The summed E-state index contributed by atoms with van der Waals surface area (Å²) in [4.78, 5) is 37.7. The van der Waals surface area contributed by atoms with Gasteiger partial charge in [-0.2, -0.15) is 0 Å². The van der Waals surface area contributed by atoms with Crippen molar-refractivity contribution in [3.05, 3.63) is 102 Å². The van der Waals surface area contributed by atoms with Crippen LogP contribution in [0.2, 0.25) is 0 Å². The van der Waals surface area contributed by atoms with Gasteiger partial charge in [-0.15, -0.1) is 0 Å². The zero-order valence-corrected chi connectivity index (χ0v) is 28.0. The van der Waals surface area contributed by atoms with Gasteiger partial charge in [0.25, 0.3) is 0 Å². The van der Waals surface area contributed by atoms with E-state index in [-0.39, 0.29) is 18.1 Å². The number of carbonyl (C=O) groups excluding carboxylic acids is 3. The zero-order chi connectivity index (χ0) is 33.2. The summed E-state index contributed by atoms with van der Waals surface area (Å²) >= 11 is 0. The van der Waals surface area contributed by atoms with E-state index in [2.05, 4.69) is 29.7 Å². The first-order valence-corrected chi connectivity index (χ1v) is 15.4. The van der Waals surface area contributed by atoms with E-state index in [4.69, 9.17) is 4.74 Å². The summed E-state index contributed by atoms with van der Waals surface area (Å²) in [6.07, 6.45) is 1.91. The van der Waals surface area contributed by atoms with Crippen LogP contribution in [0.5, 0.6) is 5.75 Å². The average molecular weight is 607 g/mol. The van der Waals surface area contributed by atoms with Crippen molar-refractivity contribution in [1.29, 1.82) is 0 Å². The molecule has 242 valence electrons. The Kier molecular flexibility index (Phi) is 22.9. The Morgan fingerprint density at radius 2 is 1.34 bits per heavy atom. The summed E-state index contributed by atoms with van der Waals surface area (Å²) < 4.78 is 5.15. The molecular formula is C36H54N4O4. The first-order valence-electron chi connectivity index (χ1n) is 15.4. The molecule has 0 aliphatic rings. The van der Waals surface area contributed by atoms with Gasteiger partial charge in [0.05, 0.1) is 13.7 Å². The Balaban J connectivity index is 0.00000109. The predicted octanol–water partition coefficient (Wildman–Crippen LogP) is 6.73. The van der Waals surface area contributed by atoms with Crippen molar-refractivity contribution in [2.24, 2.45) is 0 Å². The van der Waals surface area contributed by atoms with Crippen molar-refractivity contribution in [2.45, 2.75) is 66.1 Å². The van der Waals surface area contributed by atoms with Crippen LogP contribution in [0.1, 0.15) is 64.5 Å². The fraction of sp³-hybridized carbons (Fsp3) is 0.417. The minimum Gasteiger partial charge on any atom is -0.497 e. The Morgan fingerprint density at radius 1 is 0.841 bits per heavy atom. The third-order valence-corrected chi connectivity index (χ3v) is 6.61. The molecule has 0 aliphatic heterocycles. The van der Waals surface area contributed by atoms with Crippen LogP contribution >= 0.6 is 0 Å².